The van der Waals surface area contributed by atoms with Gasteiger partial charge in [0.15, 0.2) is 11.5 Å². The number of likely N-dealkylation sites (tertiary alicyclic amines) is 1. The molecule has 1 N–H and O–H groups in total. The van der Waals surface area contributed by atoms with Gasteiger partial charge >= 0.3 is 0 Å². The van der Waals surface area contributed by atoms with Gasteiger partial charge in [-0.15, -0.1) is 0 Å². The SMILES string of the molecule is CCOc1cccc(C2C(=C(O)c3ccc4c(c3)OCCO4)C(=O)C(=O)N2CCCOC)c1. The van der Waals surface area contributed by atoms with Crippen LogP contribution in [0.25, 0.3) is 5.76 Å². The molecule has 2 aromatic carbocycles. The molecule has 0 aliphatic carbocycles. The molecule has 4 rings (SSSR count). The van der Waals surface area contributed by atoms with Crippen molar-refractivity contribution in [2.75, 3.05) is 40.1 Å². The molecule has 1 fully saturated rings. The Kier molecular flexibility index (Phi) is 6.84. The number of hydrogen-bond acceptors (Lipinski definition) is 7. The van der Waals surface area contributed by atoms with Gasteiger partial charge in [0.2, 0.25) is 0 Å². The number of carbonyl (C=O) groups is 2. The molecule has 8 heteroatoms. The van der Waals surface area contributed by atoms with Gasteiger partial charge in [-0.25, -0.2) is 0 Å². The van der Waals surface area contributed by atoms with Crippen LogP contribution in [-0.2, 0) is 14.3 Å². The third-order valence-corrected chi connectivity index (χ3v) is 5.59. The highest BCUT2D eigenvalue weighted by Gasteiger charge is 2.46. The summed E-state index contributed by atoms with van der Waals surface area (Å²) in [5.41, 5.74) is 1.08. The van der Waals surface area contributed by atoms with Crippen LogP contribution >= 0.6 is 0 Å². The molecular weight excluding hydrogens is 426 g/mol. The second-order valence-corrected chi connectivity index (χ2v) is 7.70. The molecule has 2 aromatic rings. The van der Waals surface area contributed by atoms with Gasteiger partial charge in [-0.2, -0.15) is 0 Å². The van der Waals surface area contributed by atoms with E-state index in [-0.39, 0.29) is 11.3 Å². The monoisotopic (exact) mass is 453 g/mol. The number of ether oxygens (including phenoxy) is 4. The van der Waals surface area contributed by atoms with E-state index in [2.05, 4.69) is 0 Å². The number of nitrogens with zero attached hydrogens (tertiary/aromatic N) is 1. The van der Waals surface area contributed by atoms with Gasteiger partial charge in [0.05, 0.1) is 18.2 Å². The van der Waals surface area contributed by atoms with Crippen LogP contribution in [0.1, 0.15) is 30.5 Å². The van der Waals surface area contributed by atoms with E-state index in [1.165, 1.54) is 4.90 Å². The molecule has 0 bridgehead atoms. The van der Waals surface area contributed by atoms with E-state index in [1.54, 1.807) is 37.4 Å². The van der Waals surface area contributed by atoms with Crippen molar-refractivity contribution in [1.82, 2.24) is 4.90 Å². The lowest BCUT2D eigenvalue weighted by molar-refractivity contribution is -0.140. The zero-order valence-corrected chi connectivity index (χ0v) is 18.7. The highest BCUT2D eigenvalue weighted by atomic mass is 16.6. The summed E-state index contributed by atoms with van der Waals surface area (Å²) in [7, 11) is 1.58. The van der Waals surface area contributed by atoms with Crippen LogP contribution < -0.4 is 14.2 Å². The number of methoxy groups -OCH3 is 1. The van der Waals surface area contributed by atoms with Gasteiger partial charge in [-0.05, 0) is 49.2 Å². The van der Waals surface area contributed by atoms with Gasteiger partial charge in [-0.3, -0.25) is 9.59 Å². The zero-order valence-electron chi connectivity index (χ0n) is 18.7. The maximum absolute atomic E-state index is 13.1. The largest absolute Gasteiger partial charge is 0.507 e. The fourth-order valence-electron chi connectivity index (χ4n) is 4.12. The molecule has 1 saturated heterocycles. The number of hydrogen-bond donors (Lipinski definition) is 1. The molecule has 2 aliphatic heterocycles. The van der Waals surface area contributed by atoms with Crippen molar-refractivity contribution in [3.05, 3.63) is 59.2 Å². The summed E-state index contributed by atoms with van der Waals surface area (Å²) >= 11 is 0. The number of carbonyl (C=O) groups excluding carboxylic acids is 2. The van der Waals surface area contributed by atoms with Crippen LogP contribution in [-0.4, -0.2) is 61.8 Å². The molecule has 0 radical (unpaired) electrons. The number of amides is 1. The summed E-state index contributed by atoms with van der Waals surface area (Å²) < 4.78 is 21.9. The van der Waals surface area contributed by atoms with Crippen LogP contribution in [0.3, 0.4) is 0 Å². The van der Waals surface area contributed by atoms with Crippen molar-refractivity contribution in [2.45, 2.75) is 19.4 Å². The van der Waals surface area contributed by atoms with Gasteiger partial charge in [0.25, 0.3) is 11.7 Å². The van der Waals surface area contributed by atoms with Crippen molar-refractivity contribution in [2.24, 2.45) is 0 Å². The summed E-state index contributed by atoms with van der Waals surface area (Å²) in [6.45, 7) is 3.95. The molecule has 1 amide bonds. The second-order valence-electron chi connectivity index (χ2n) is 7.70. The minimum absolute atomic E-state index is 0.0303. The van der Waals surface area contributed by atoms with Gasteiger partial charge in [0.1, 0.15) is 24.7 Å². The van der Waals surface area contributed by atoms with Crippen LogP contribution in [0.15, 0.2) is 48.0 Å². The van der Waals surface area contributed by atoms with E-state index >= 15 is 0 Å². The van der Waals surface area contributed by atoms with Gasteiger partial charge in [-0.1, -0.05) is 12.1 Å². The van der Waals surface area contributed by atoms with E-state index in [0.29, 0.717) is 67.8 Å². The molecule has 1 atom stereocenters. The highest BCUT2D eigenvalue weighted by molar-refractivity contribution is 6.46. The van der Waals surface area contributed by atoms with Crippen LogP contribution in [0.2, 0.25) is 0 Å². The predicted octanol–water partition coefficient (Wildman–Crippen LogP) is 3.31. The van der Waals surface area contributed by atoms with E-state index in [0.717, 1.165) is 0 Å². The average Bonchev–Trinajstić information content (AvgIpc) is 3.09. The number of aliphatic hydroxyl groups is 1. The number of rotatable bonds is 8. The van der Waals surface area contributed by atoms with Crippen molar-refractivity contribution < 1.29 is 33.6 Å². The molecular formula is C25H27NO7. The van der Waals surface area contributed by atoms with Crippen molar-refractivity contribution in [3.63, 3.8) is 0 Å². The first-order chi connectivity index (χ1) is 16.0. The summed E-state index contributed by atoms with van der Waals surface area (Å²) in [5.74, 6) is 0.0279. The van der Waals surface area contributed by atoms with Crippen LogP contribution in [0.5, 0.6) is 17.2 Å². The van der Waals surface area contributed by atoms with Crippen molar-refractivity contribution >= 4 is 17.4 Å². The maximum atomic E-state index is 13.1. The highest BCUT2D eigenvalue weighted by Crippen LogP contribution is 2.41. The molecule has 1 unspecified atom stereocenters. The normalized spacial score (nSPS) is 19.1. The van der Waals surface area contributed by atoms with E-state index in [9.17, 15) is 14.7 Å². The molecule has 33 heavy (non-hydrogen) atoms. The molecule has 174 valence electrons. The Morgan fingerprint density at radius 2 is 1.91 bits per heavy atom. The lowest BCUT2D eigenvalue weighted by Gasteiger charge is -2.25. The maximum Gasteiger partial charge on any atom is 0.295 e. The van der Waals surface area contributed by atoms with Crippen molar-refractivity contribution in [3.8, 4) is 17.2 Å². The Bertz CT molecular complexity index is 1080. The Balaban J connectivity index is 1.80. The Morgan fingerprint density at radius 1 is 1.12 bits per heavy atom. The van der Waals surface area contributed by atoms with Gasteiger partial charge < -0.3 is 29.0 Å². The first-order valence-corrected chi connectivity index (χ1v) is 10.9. The first-order valence-electron chi connectivity index (χ1n) is 10.9. The molecule has 0 spiro atoms. The number of fused-ring (bicyclic) bond motifs is 1. The summed E-state index contributed by atoms with van der Waals surface area (Å²) in [4.78, 5) is 27.6. The topological polar surface area (TPSA) is 94.5 Å². The fourth-order valence-corrected chi connectivity index (χ4v) is 4.12. The number of Topliss-reactive ketones (excluding diaryl/α,β-unsaturated/α-hetero) is 1. The predicted molar refractivity (Wildman–Crippen MR) is 121 cm³/mol. The minimum atomic E-state index is -0.754. The lowest BCUT2D eigenvalue weighted by Crippen LogP contribution is -2.31. The molecule has 2 aliphatic rings. The van der Waals surface area contributed by atoms with E-state index in [1.807, 2.05) is 19.1 Å². The molecule has 8 nitrogen and oxygen atoms in total. The molecule has 2 heterocycles. The lowest BCUT2D eigenvalue weighted by atomic mass is 9.95. The first kappa shape index (κ1) is 22.7. The smallest absolute Gasteiger partial charge is 0.295 e. The zero-order chi connectivity index (χ0) is 23.4. The van der Waals surface area contributed by atoms with Crippen molar-refractivity contribution in [1.29, 1.82) is 0 Å². The third-order valence-electron chi connectivity index (χ3n) is 5.59. The van der Waals surface area contributed by atoms with Crippen LogP contribution in [0, 0.1) is 0 Å². The fraction of sp³-hybridized carbons (Fsp3) is 0.360. The summed E-state index contributed by atoms with van der Waals surface area (Å²) in [6, 6.07) is 11.4. The number of ketones is 1. The average molecular weight is 453 g/mol. The third kappa shape index (κ3) is 4.52. The Hall–Kier alpha value is -3.52. The second kappa shape index (κ2) is 9.95. The Morgan fingerprint density at radius 3 is 2.67 bits per heavy atom. The Labute approximate surface area is 192 Å². The minimum Gasteiger partial charge on any atom is -0.507 e. The van der Waals surface area contributed by atoms with E-state index in [4.69, 9.17) is 18.9 Å². The standard InChI is InChI=1S/C25H27NO7/c1-3-31-18-7-4-6-16(14-18)22-21(24(28)25(29)26(22)10-5-11-30-2)23(27)17-8-9-19-20(15-17)33-13-12-32-19/h4,6-9,14-15,22,27H,3,5,10-13H2,1-2H3. The summed E-state index contributed by atoms with van der Waals surface area (Å²) in [5, 5.41) is 11.2. The number of aliphatic hydroxyl groups excluding tert-OH is 1. The van der Waals surface area contributed by atoms with Gasteiger partial charge in [0, 0.05) is 25.8 Å². The quantitative estimate of drug-likeness (QED) is 0.284. The summed E-state index contributed by atoms with van der Waals surface area (Å²) in [6.07, 6.45) is 0.551. The van der Waals surface area contributed by atoms with Crippen LogP contribution in [0.4, 0.5) is 0 Å². The molecule has 0 aromatic heterocycles. The van der Waals surface area contributed by atoms with E-state index < -0.39 is 17.7 Å². The molecule has 0 saturated carbocycles. The number of benzene rings is 2.